The molecule has 9 nitrogen and oxygen atoms in total. The van der Waals surface area contributed by atoms with E-state index in [1.54, 1.807) is 21.3 Å². The summed E-state index contributed by atoms with van der Waals surface area (Å²) in [4.78, 5) is 27.9. The van der Waals surface area contributed by atoms with E-state index >= 15 is 0 Å². The third-order valence-electron chi connectivity index (χ3n) is 12.0. The number of methoxy groups -OCH3 is 4. The molecule has 1 aliphatic heterocycles. The first-order valence-electron chi connectivity index (χ1n) is 14.4. The normalized spacial score (nSPS) is 52.1. The predicted octanol–water partition coefficient (Wildman–Crippen LogP) is 2.30. The van der Waals surface area contributed by atoms with Gasteiger partial charge in [-0.15, -0.1) is 0 Å². The summed E-state index contributed by atoms with van der Waals surface area (Å²) >= 11 is 0. The fourth-order valence-electron chi connectivity index (χ4n) is 11.7. The molecule has 5 saturated carbocycles. The Morgan fingerprint density at radius 3 is 2.26 bits per heavy atom. The minimum atomic E-state index is -0.666. The number of hydrogen-bond donors (Lipinski definition) is 0. The van der Waals surface area contributed by atoms with Crippen LogP contribution in [-0.4, -0.2) is 101 Å². The van der Waals surface area contributed by atoms with Gasteiger partial charge in [-0.1, -0.05) is 6.92 Å². The molecule has 1 spiro atoms. The Balaban J connectivity index is 1.65. The van der Waals surface area contributed by atoms with Gasteiger partial charge in [0.25, 0.3) is 0 Å². The molecule has 7 bridgehead atoms. The number of rotatable bonds is 8. The van der Waals surface area contributed by atoms with Crippen LogP contribution < -0.4 is 0 Å². The Bertz CT molecular complexity index is 976. The van der Waals surface area contributed by atoms with Crippen LogP contribution in [-0.2, 0) is 38.0 Å². The van der Waals surface area contributed by atoms with Crippen molar-refractivity contribution in [2.45, 2.75) is 82.5 Å². The number of carbonyl (C=O) groups excluding carboxylic acids is 2. The van der Waals surface area contributed by atoms with Crippen LogP contribution in [0.4, 0.5) is 0 Å². The molecular weight excluding hydrogens is 490 g/mol. The second-order valence-corrected chi connectivity index (χ2v) is 12.9. The Hall–Kier alpha value is -1.26. The van der Waals surface area contributed by atoms with Gasteiger partial charge in [-0.25, -0.2) is 0 Å². The van der Waals surface area contributed by atoms with Gasteiger partial charge < -0.3 is 28.4 Å². The van der Waals surface area contributed by atoms with Crippen molar-refractivity contribution in [1.29, 1.82) is 0 Å². The van der Waals surface area contributed by atoms with Crippen LogP contribution in [0, 0.1) is 40.4 Å². The van der Waals surface area contributed by atoms with Crippen LogP contribution >= 0.6 is 0 Å². The lowest BCUT2D eigenvalue weighted by Gasteiger charge is -2.69. The van der Waals surface area contributed by atoms with Gasteiger partial charge >= 0.3 is 11.9 Å². The van der Waals surface area contributed by atoms with Crippen molar-refractivity contribution in [2.75, 3.05) is 48.1 Å². The smallest absolute Gasteiger partial charge is 0.302 e. The monoisotopic (exact) mass is 535 g/mol. The van der Waals surface area contributed by atoms with Crippen molar-refractivity contribution in [3.05, 3.63) is 0 Å². The molecule has 0 N–H and O–H groups in total. The molecule has 214 valence electrons. The van der Waals surface area contributed by atoms with E-state index in [1.165, 1.54) is 13.8 Å². The van der Waals surface area contributed by atoms with Gasteiger partial charge in [0.05, 0.1) is 24.4 Å². The minimum absolute atomic E-state index is 0.00179. The average Bonchev–Trinajstić information content (AvgIpc) is 3.28. The zero-order chi connectivity index (χ0) is 27.2. The SMILES string of the molecule is CCN1C[C@]2(COC)CC[C@H](OC)[C@]34C5C[C@H]6C(OC(C)=O)C5[C@](OC)(C[C@@H]6OC)[C@H](C13)[C@@H](OC(C)=O)[C@H]24. The Labute approximate surface area is 226 Å². The number of piperidine rings is 1. The van der Waals surface area contributed by atoms with Crippen LogP contribution in [0.2, 0.25) is 0 Å². The van der Waals surface area contributed by atoms with Gasteiger partial charge in [0.2, 0.25) is 0 Å². The Morgan fingerprint density at radius 1 is 0.974 bits per heavy atom. The minimum Gasteiger partial charge on any atom is -0.462 e. The molecule has 6 fully saturated rings. The molecule has 6 rings (SSSR count). The fraction of sp³-hybridized carbons (Fsp3) is 0.931. The summed E-state index contributed by atoms with van der Waals surface area (Å²) in [5, 5.41) is 0. The molecule has 6 aliphatic rings. The predicted molar refractivity (Wildman–Crippen MR) is 136 cm³/mol. The lowest BCUT2D eigenvalue weighted by molar-refractivity contribution is -0.282. The highest BCUT2D eigenvalue weighted by atomic mass is 16.6. The van der Waals surface area contributed by atoms with Gasteiger partial charge in [0.1, 0.15) is 12.2 Å². The number of likely N-dealkylation sites (tertiary alicyclic amines) is 1. The van der Waals surface area contributed by atoms with Crippen molar-refractivity contribution >= 4 is 11.9 Å². The van der Waals surface area contributed by atoms with Crippen LogP contribution in [0.1, 0.15) is 46.5 Å². The molecule has 13 atom stereocenters. The van der Waals surface area contributed by atoms with Gasteiger partial charge in [0.15, 0.2) is 0 Å². The third kappa shape index (κ3) is 3.06. The van der Waals surface area contributed by atoms with E-state index in [9.17, 15) is 9.59 Å². The van der Waals surface area contributed by atoms with Crippen LogP contribution in [0.3, 0.4) is 0 Å². The molecule has 0 amide bonds. The quantitative estimate of drug-likeness (QED) is 0.434. The maximum atomic E-state index is 12.8. The molecule has 4 unspecified atom stereocenters. The van der Waals surface area contributed by atoms with E-state index in [2.05, 4.69) is 11.8 Å². The van der Waals surface area contributed by atoms with Gasteiger partial charge in [-0.05, 0) is 31.7 Å². The lowest BCUT2D eigenvalue weighted by Crippen LogP contribution is -2.76. The van der Waals surface area contributed by atoms with Gasteiger partial charge in [-0.3, -0.25) is 14.5 Å². The maximum Gasteiger partial charge on any atom is 0.302 e. The summed E-state index contributed by atoms with van der Waals surface area (Å²) in [5.74, 6) is -0.343. The first-order chi connectivity index (χ1) is 18.2. The molecule has 0 aromatic carbocycles. The molecule has 38 heavy (non-hydrogen) atoms. The summed E-state index contributed by atoms with van der Waals surface area (Å²) in [5.41, 5.74) is -1.12. The number of esters is 2. The molecule has 0 radical (unpaired) electrons. The number of nitrogens with zero attached hydrogens (tertiary/aromatic N) is 1. The lowest BCUT2D eigenvalue weighted by atomic mass is 9.43. The number of carbonyl (C=O) groups is 2. The van der Waals surface area contributed by atoms with Gasteiger partial charge in [0, 0.05) is 95.8 Å². The van der Waals surface area contributed by atoms with E-state index in [4.69, 9.17) is 28.4 Å². The highest BCUT2D eigenvalue weighted by molar-refractivity contribution is 5.67. The Morgan fingerprint density at radius 2 is 1.68 bits per heavy atom. The van der Waals surface area contributed by atoms with E-state index < -0.39 is 5.60 Å². The van der Waals surface area contributed by atoms with E-state index in [1.807, 2.05) is 7.11 Å². The summed E-state index contributed by atoms with van der Waals surface area (Å²) in [6.07, 6.45) is 2.68. The van der Waals surface area contributed by atoms with Crippen molar-refractivity contribution in [1.82, 2.24) is 4.90 Å². The van der Waals surface area contributed by atoms with Crippen molar-refractivity contribution in [3.63, 3.8) is 0 Å². The molecule has 1 heterocycles. The number of fused-ring (bicyclic) bond motifs is 2. The van der Waals surface area contributed by atoms with Crippen LogP contribution in [0.15, 0.2) is 0 Å². The second-order valence-electron chi connectivity index (χ2n) is 12.9. The van der Waals surface area contributed by atoms with Crippen molar-refractivity contribution in [2.24, 2.45) is 40.4 Å². The fourth-order valence-corrected chi connectivity index (χ4v) is 11.7. The van der Waals surface area contributed by atoms with E-state index in [0.717, 1.165) is 32.4 Å². The molecule has 0 aromatic rings. The van der Waals surface area contributed by atoms with Gasteiger partial charge in [-0.2, -0.15) is 0 Å². The summed E-state index contributed by atoms with van der Waals surface area (Å²) in [6, 6.07) is 0.116. The largest absolute Gasteiger partial charge is 0.462 e. The van der Waals surface area contributed by atoms with E-state index in [0.29, 0.717) is 13.0 Å². The standard InChI is InChI=1S/C29H45NO8/c1-8-30-13-27(14-33-4)10-9-20(35-6)29-18-11-17-19(34-5)12-28(36-7,21(18)23(17)37-15(2)31)22(26(29)30)24(25(27)29)38-16(3)32/h17-26H,8-14H2,1-7H3/t17-,18?,19+,20+,21?,22+,23?,24-,25-,26?,27+,28-,29+/m1/s1. The second kappa shape index (κ2) is 9.13. The maximum absolute atomic E-state index is 12.8. The van der Waals surface area contributed by atoms with Crippen LogP contribution in [0.25, 0.3) is 0 Å². The van der Waals surface area contributed by atoms with Crippen molar-refractivity contribution in [3.8, 4) is 0 Å². The number of hydrogen-bond acceptors (Lipinski definition) is 9. The number of ether oxygens (including phenoxy) is 6. The van der Waals surface area contributed by atoms with E-state index in [-0.39, 0.29) is 82.8 Å². The highest BCUT2D eigenvalue weighted by Crippen LogP contribution is 2.80. The Kier molecular flexibility index (Phi) is 6.47. The van der Waals surface area contributed by atoms with Crippen LogP contribution in [0.5, 0.6) is 0 Å². The first kappa shape index (κ1) is 26.9. The zero-order valence-electron chi connectivity index (χ0n) is 23.9. The molecule has 1 saturated heterocycles. The molecule has 0 aromatic heterocycles. The summed E-state index contributed by atoms with van der Waals surface area (Å²) < 4.78 is 37.9. The third-order valence-corrected chi connectivity index (χ3v) is 12.0. The highest BCUT2D eigenvalue weighted by Gasteiger charge is 2.87. The topological polar surface area (TPSA) is 92.8 Å². The summed E-state index contributed by atoms with van der Waals surface area (Å²) in [7, 11) is 7.16. The molecule has 9 heteroatoms. The first-order valence-corrected chi connectivity index (χ1v) is 14.4. The zero-order valence-corrected chi connectivity index (χ0v) is 23.9. The average molecular weight is 536 g/mol. The summed E-state index contributed by atoms with van der Waals surface area (Å²) in [6.45, 7) is 7.64. The van der Waals surface area contributed by atoms with Crippen molar-refractivity contribution < 1.29 is 38.0 Å². The molecule has 5 aliphatic carbocycles. The molecular formula is C29H45NO8.